The molecule has 14 heavy (non-hydrogen) atoms. The standard InChI is InChI=1S/C12H26N2/c1-5-12(3,4)9-14-8-6-7-11(13)10(14)2/h10-11H,5-9,13H2,1-4H3/t10-,11-/m1/s1. The summed E-state index contributed by atoms with van der Waals surface area (Å²) < 4.78 is 0. The van der Waals surface area contributed by atoms with Gasteiger partial charge in [0, 0.05) is 18.6 Å². The van der Waals surface area contributed by atoms with Crippen molar-refractivity contribution < 1.29 is 0 Å². The number of hydrogen-bond acceptors (Lipinski definition) is 2. The van der Waals surface area contributed by atoms with Gasteiger partial charge >= 0.3 is 0 Å². The second kappa shape index (κ2) is 4.63. The summed E-state index contributed by atoms with van der Waals surface area (Å²) in [5, 5.41) is 0. The molecule has 1 rings (SSSR count). The van der Waals surface area contributed by atoms with Crippen molar-refractivity contribution in [2.45, 2.75) is 59.0 Å². The Bertz CT molecular complexity index is 177. The van der Waals surface area contributed by atoms with Crippen LogP contribution in [0.3, 0.4) is 0 Å². The lowest BCUT2D eigenvalue weighted by atomic mass is 9.87. The Labute approximate surface area is 88.8 Å². The molecule has 0 radical (unpaired) electrons. The first-order valence-corrected chi connectivity index (χ1v) is 5.96. The third-order valence-electron chi connectivity index (χ3n) is 3.77. The number of piperidine rings is 1. The zero-order valence-corrected chi connectivity index (χ0v) is 10.2. The van der Waals surface area contributed by atoms with Crippen LogP contribution in [0.5, 0.6) is 0 Å². The Kier molecular flexibility index (Phi) is 3.96. The fourth-order valence-electron chi connectivity index (χ4n) is 2.13. The lowest BCUT2D eigenvalue weighted by molar-refractivity contribution is 0.0900. The SMILES string of the molecule is CCC(C)(C)CN1CCC[C@@H](N)[C@H]1C. The highest BCUT2D eigenvalue weighted by Crippen LogP contribution is 2.25. The van der Waals surface area contributed by atoms with E-state index in [9.17, 15) is 0 Å². The molecule has 0 bridgehead atoms. The maximum Gasteiger partial charge on any atom is 0.0219 e. The average molecular weight is 198 g/mol. The van der Waals surface area contributed by atoms with Crippen LogP contribution in [0.2, 0.25) is 0 Å². The Hall–Kier alpha value is -0.0800. The van der Waals surface area contributed by atoms with Crippen LogP contribution in [0.4, 0.5) is 0 Å². The van der Waals surface area contributed by atoms with E-state index in [2.05, 4.69) is 32.6 Å². The Balaban J connectivity index is 2.51. The average Bonchev–Trinajstić information content (AvgIpc) is 2.13. The molecule has 0 unspecified atom stereocenters. The summed E-state index contributed by atoms with van der Waals surface area (Å²) in [7, 11) is 0. The van der Waals surface area contributed by atoms with E-state index in [1.54, 1.807) is 0 Å². The highest BCUT2D eigenvalue weighted by Gasteiger charge is 2.28. The topological polar surface area (TPSA) is 29.3 Å². The summed E-state index contributed by atoms with van der Waals surface area (Å²) in [6.07, 6.45) is 3.71. The van der Waals surface area contributed by atoms with Crippen molar-refractivity contribution in [2.24, 2.45) is 11.1 Å². The summed E-state index contributed by atoms with van der Waals surface area (Å²) in [5.41, 5.74) is 6.52. The van der Waals surface area contributed by atoms with Crippen molar-refractivity contribution in [1.29, 1.82) is 0 Å². The van der Waals surface area contributed by atoms with Crippen molar-refractivity contribution in [1.82, 2.24) is 4.90 Å². The van der Waals surface area contributed by atoms with Crippen LogP contribution < -0.4 is 5.73 Å². The lowest BCUT2D eigenvalue weighted by Gasteiger charge is -2.41. The van der Waals surface area contributed by atoms with Gasteiger partial charge in [-0.2, -0.15) is 0 Å². The minimum Gasteiger partial charge on any atom is -0.326 e. The minimum atomic E-state index is 0.386. The maximum absolute atomic E-state index is 6.09. The zero-order valence-electron chi connectivity index (χ0n) is 10.2. The summed E-state index contributed by atoms with van der Waals surface area (Å²) in [5.74, 6) is 0. The van der Waals surface area contributed by atoms with E-state index in [1.807, 2.05) is 0 Å². The summed E-state index contributed by atoms with van der Waals surface area (Å²) >= 11 is 0. The molecule has 84 valence electrons. The molecule has 0 aliphatic carbocycles. The first kappa shape index (κ1) is 12.0. The lowest BCUT2D eigenvalue weighted by Crippen LogP contribution is -2.52. The predicted molar refractivity (Wildman–Crippen MR) is 62.3 cm³/mol. The normalized spacial score (nSPS) is 30.6. The number of rotatable bonds is 3. The van der Waals surface area contributed by atoms with Crippen LogP contribution in [0.15, 0.2) is 0 Å². The highest BCUT2D eigenvalue weighted by atomic mass is 15.2. The van der Waals surface area contributed by atoms with E-state index in [1.165, 1.54) is 32.4 Å². The molecule has 2 nitrogen and oxygen atoms in total. The Morgan fingerprint density at radius 2 is 2.07 bits per heavy atom. The Morgan fingerprint density at radius 1 is 1.43 bits per heavy atom. The van der Waals surface area contributed by atoms with Crippen molar-refractivity contribution in [3.63, 3.8) is 0 Å². The molecule has 0 aromatic heterocycles. The van der Waals surface area contributed by atoms with Gasteiger partial charge in [0.25, 0.3) is 0 Å². The van der Waals surface area contributed by atoms with E-state index in [-0.39, 0.29) is 0 Å². The van der Waals surface area contributed by atoms with Gasteiger partial charge in [-0.1, -0.05) is 20.8 Å². The quantitative estimate of drug-likeness (QED) is 0.753. The molecule has 1 aliphatic heterocycles. The zero-order chi connectivity index (χ0) is 10.8. The molecule has 1 fully saturated rings. The molecule has 0 aromatic carbocycles. The predicted octanol–water partition coefficient (Wildman–Crippen LogP) is 2.23. The van der Waals surface area contributed by atoms with Gasteiger partial charge in [-0.15, -0.1) is 0 Å². The van der Waals surface area contributed by atoms with E-state index in [0.717, 1.165) is 0 Å². The van der Waals surface area contributed by atoms with Crippen molar-refractivity contribution in [3.8, 4) is 0 Å². The number of nitrogens with two attached hydrogens (primary N) is 1. The van der Waals surface area contributed by atoms with Crippen LogP contribution in [-0.2, 0) is 0 Å². The molecular weight excluding hydrogens is 172 g/mol. The minimum absolute atomic E-state index is 0.386. The van der Waals surface area contributed by atoms with Crippen LogP contribution >= 0.6 is 0 Å². The van der Waals surface area contributed by atoms with Crippen molar-refractivity contribution in [3.05, 3.63) is 0 Å². The van der Waals surface area contributed by atoms with E-state index in [4.69, 9.17) is 5.73 Å². The van der Waals surface area contributed by atoms with Crippen LogP contribution in [0.25, 0.3) is 0 Å². The largest absolute Gasteiger partial charge is 0.326 e. The fourth-order valence-corrected chi connectivity index (χ4v) is 2.13. The second-order valence-corrected chi connectivity index (χ2v) is 5.53. The van der Waals surface area contributed by atoms with Gasteiger partial charge in [0.2, 0.25) is 0 Å². The molecule has 1 heterocycles. The molecule has 2 N–H and O–H groups in total. The van der Waals surface area contributed by atoms with Gasteiger partial charge in [0.15, 0.2) is 0 Å². The van der Waals surface area contributed by atoms with Gasteiger partial charge in [-0.3, -0.25) is 4.90 Å². The third-order valence-corrected chi connectivity index (χ3v) is 3.77. The van der Waals surface area contributed by atoms with E-state index >= 15 is 0 Å². The number of hydrogen-bond donors (Lipinski definition) is 1. The highest BCUT2D eigenvalue weighted by molar-refractivity contribution is 4.86. The van der Waals surface area contributed by atoms with Crippen molar-refractivity contribution >= 4 is 0 Å². The molecule has 0 aromatic rings. The molecule has 0 saturated carbocycles. The third kappa shape index (κ3) is 2.96. The maximum atomic E-state index is 6.09. The molecule has 2 atom stereocenters. The summed E-state index contributed by atoms with van der Waals surface area (Å²) in [6.45, 7) is 11.7. The van der Waals surface area contributed by atoms with Gasteiger partial charge in [-0.05, 0) is 38.1 Å². The summed E-state index contributed by atoms with van der Waals surface area (Å²) in [4.78, 5) is 2.57. The van der Waals surface area contributed by atoms with E-state index < -0.39 is 0 Å². The monoisotopic (exact) mass is 198 g/mol. The van der Waals surface area contributed by atoms with Crippen molar-refractivity contribution in [2.75, 3.05) is 13.1 Å². The first-order valence-electron chi connectivity index (χ1n) is 5.96. The Morgan fingerprint density at radius 3 is 2.64 bits per heavy atom. The fraction of sp³-hybridized carbons (Fsp3) is 1.00. The number of likely N-dealkylation sites (tertiary alicyclic amines) is 1. The molecule has 2 heteroatoms. The molecule has 0 amide bonds. The van der Waals surface area contributed by atoms with E-state index in [0.29, 0.717) is 17.5 Å². The second-order valence-electron chi connectivity index (χ2n) is 5.53. The van der Waals surface area contributed by atoms with Crippen LogP contribution in [0, 0.1) is 5.41 Å². The first-order chi connectivity index (χ1) is 6.46. The van der Waals surface area contributed by atoms with Crippen LogP contribution in [0.1, 0.15) is 47.0 Å². The molecule has 1 aliphatic rings. The van der Waals surface area contributed by atoms with Gasteiger partial charge < -0.3 is 5.73 Å². The van der Waals surface area contributed by atoms with Gasteiger partial charge in [0.1, 0.15) is 0 Å². The molecular formula is C12H26N2. The smallest absolute Gasteiger partial charge is 0.0219 e. The molecule has 0 spiro atoms. The molecule has 1 saturated heterocycles. The van der Waals surface area contributed by atoms with Crippen LogP contribution in [-0.4, -0.2) is 30.1 Å². The summed E-state index contributed by atoms with van der Waals surface area (Å²) in [6, 6.07) is 0.950. The number of nitrogens with zero attached hydrogens (tertiary/aromatic N) is 1. The van der Waals surface area contributed by atoms with Gasteiger partial charge in [-0.25, -0.2) is 0 Å². The van der Waals surface area contributed by atoms with Gasteiger partial charge in [0.05, 0.1) is 0 Å².